The highest BCUT2D eigenvalue weighted by Crippen LogP contribution is 2.22. The summed E-state index contributed by atoms with van der Waals surface area (Å²) < 4.78 is 0. The largest absolute Gasteiger partial charge is 0.356 e. The van der Waals surface area contributed by atoms with Crippen molar-refractivity contribution in [2.75, 3.05) is 13.1 Å². The van der Waals surface area contributed by atoms with Gasteiger partial charge in [-0.3, -0.25) is 4.99 Å². The summed E-state index contributed by atoms with van der Waals surface area (Å²) in [5.74, 6) is 0.900. The van der Waals surface area contributed by atoms with E-state index in [4.69, 9.17) is 0 Å². The minimum atomic E-state index is 0. The molecule has 0 aliphatic carbocycles. The first-order valence-corrected chi connectivity index (χ1v) is 7.49. The Kier molecular flexibility index (Phi) is 6.24. The maximum Gasteiger partial charge on any atom is 0.192 e. The van der Waals surface area contributed by atoms with Gasteiger partial charge in [0.2, 0.25) is 0 Å². The van der Waals surface area contributed by atoms with Gasteiger partial charge in [0, 0.05) is 13.1 Å². The number of benzene rings is 2. The van der Waals surface area contributed by atoms with Crippen LogP contribution in [0.5, 0.6) is 0 Å². The van der Waals surface area contributed by atoms with Crippen molar-refractivity contribution in [3.63, 3.8) is 0 Å². The second kappa shape index (κ2) is 8.17. The summed E-state index contributed by atoms with van der Waals surface area (Å²) in [6.45, 7) is 4.01. The summed E-state index contributed by atoms with van der Waals surface area (Å²) in [6, 6.07) is 19.3. The van der Waals surface area contributed by atoms with Gasteiger partial charge in [0.05, 0.1) is 6.04 Å². The number of hydrogen-bond donors (Lipinski definition) is 2. The zero-order chi connectivity index (χ0) is 14.5. The maximum atomic E-state index is 4.54. The number of halogens is 1. The number of nitrogens with one attached hydrogen (secondary N) is 2. The molecule has 1 aliphatic rings. The fourth-order valence-corrected chi connectivity index (χ4v) is 2.62. The molecular formula is C18H22IN3. The third-order valence-electron chi connectivity index (χ3n) is 3.69. The molecule has 0 fully saturated rings. The molecule has 1 unspecified atom stereocenters. The predicted octanol–water partition coefficient (Wildman–Crippen LogP) is 3.64. The van der Waals surface area contributed by atoms with Crippen molar-refractivity contribution < 1.29 is 0 Å². The molecule has 1 heterocycles. The number of aryl methyl sites for hydroxylation is 1. The van der Waals surface area contributed by atoms with Gasteiger partial charge in [0.1, 0.15) is 0 Å². The second-order valence-electron chi connectivity index (χ2n) is 5.41. The van der Waals surface area contributed by atoms with Gasteiger partial charge in [-0.1, -0.05) is 60.2 Å². The molecule has 3 rings (SSSR count). The van der Waals surface area contributed by atoms with Crippen LogP contribution < -0.4 is 10.6 Å². The molecular weight excluding hydrogens is 385 g/mol. The first kappa shape index (κ1) is 16.8. The monoisotopic (exact) mass is 407 g/mol. The van der Waals surface area contributed by atoms with Crippen LogP contribution in [0.4, 0.5) is 0 Å². The van der Waals surface area contributed by atoms with Crippen LogP contribution in [0.3, 0.4) is 0 Å². The van der Waals surface area contributed by atoms with Crippen molar-refractivity contribution in [3.05, 3.63) is 71.3 Å². The Balaban J connectivity index is 0.00000176. The number of hydrogen-bond acceptors (Lipinski definition) is 3. The van der Waals surface area contributed by atoms with Crippen molar-refractivity contribution in [1.82, 2.24) is 10.6 Å². The van der Waals surface area contributed by atoms with E-state index in [1.807, 2.05) is 6.07 Å². The fraction of sp³-hybridized carbons (Fsp3) is 0.278. The van der Waals surface area contributed by atoms with Gasteiger partial charge in [-0.15, -0.1) is 24.0 Å². The lowest BCUT2D eigenvalue weighted by molar-refractivity contribution is 0.668. The Morgan fingerprint density at radius 2 is 1.82 bits per heavy atom. The average Bonchev–Trinajstić information content (AvgIpc) is 2.54. The number of nitrogens with zero attached hydrogens (tertiary/aromatic N) is 1. The van der Waals surface area contributed by atoms with Crippen molar-refractivity contribution in [2.24, 2.45) is 4.99 Å². The first-order chi connectivity index (χ1) is 10.3. The molecule has 116 valence electrons. The fourth-order valence-electron chi connectivity index (χ4n) is 2.62. The molecule has 2 N–H and O–H groups in total. The maximum absolute atomic E-state index is 4.54. The molecule has 0 spiro atoms. The predicted molar refractivity (Wildman–Crippen MR) is 103 cm³/mol. The van der Waals surface area contributed by atoms with Crippen LogP contribution in [-0.4, -0.2) is 19.0 Å². The van der Waals surface area contributed by atoms with Crippen LogP contribution in [-0.2, 0) is 0 Å². The van der Waals surface area contributed by atoms with Crippen LogP contribution in [0, 0.1) is 6.92 Å². The molecule has 0 radical (unpaired) electrons. The highest BCUT2D eigenvalue weighted by atomic mass is 127. The smallest absolute Gasteiger partial charge is 0.192 e. The van der Waals surface area contributed by atoms with Gasteiger partial charge in [-0.2, -0.15) is 0 Å². The van der Waals surface area contributed by atoms with Crippen LogP contribution in [0.25, 0.3) is 0 Å². The Morgan fingerprint density at radius 1 is 1.05 bits per heavy atom. The Hall–Kier alpha value is -1.56. The van der Waals surface area contributed by atoms with Gasteiger partial charge in [-0.25, -0.2) is 0 Å². The van der Waals surface area contributed by atoms with Crippen molar-refractivity contribution in [1.29, 1.82) is 0 Å². The van der Waals surface area contributed by atoms with Crippen LogP contribution in [0.1, 0.15) is 29.2 Å². The zero-order valence-electron chi connectivity index (χ0n) is 12.8. The molecule has 2 aromatic carbocycles. The van der Waals surface area contributed by atoms with Crippen LogP contribution in [0.2, 0.25) is 0 Å². The molecule has 4 heteroatoms. The van der Waals surface area contributed by atoms with E-state index in [9.17, 15) is 0 Å². The van der Waals surface area contributed by atoms with Gasteiger partial charge in [-0.05, 0) is 24.5 Å². The molecule has 0 aromatic heterocycles. The Bertz CT molecular complexity index is 625. The van der Waals surface area contributed by atoms with Crippen molar-refractivity contribution in [3.8, 4) is 0 Å². The average molecular weight is 407 g/mol. The third kappa shape index (κ3) is 4.22. The summed E-state index contributed by atoms with van der Waals surface area (Å²) in [5.41, 5.74) is 3.78. The minimum absolute atomic E-state index is 0. The summed E-state index contributed by atoms with van der Waals surface area (Å²) in [7, 11) is 0. The molecule has 22 heavy (non-hydrogen) atoms. The van der Waals surface area contributed by atoms with Crippen LogP contribution >= 0.6 is 24.0 Å². The Labute approximate surface area is 149 Å². The molecule has 0 bridgehead atoms. The number of guanidine groups is 1. The molecule has 1 atom stereocenters. The SMILES string of the molecule is Cc1cccc(C(NC2=NCCCN2)c2ccccc2)c1.I. The summed E-state index contributed by atoms with van der Waals surface area (Å²) >= 11 is 0. The third-order valence-corrected chi connectivity index (χ3v) is 3.69. The molecule has 3 nitrogen and oxygen atoms in total. The summed E-state index contributed by atoms with van der Waals surface area (Å²) in [5, 5.41) is 6.90. The van der Waals surface area contributed by atoms with Crippen LogP contribution in [0.15, 0.2) is 59.6 Å². The summed E-state index contributed by atoms with van der Waals surface area (Å²) in [4.78, 5) is 4.54. The quantitative estimate of drug-likeness (QED) is 0.763. The van der Waals surface area contributed by atoms with E-state index in [1.165, 1.54) is 16.7 Å². The molecule has 0 saturated heterocycles. The van der Waals surface area contributed by atoms with Gasteiger partial charge in [0.25, 0.3) is 0 Å². The van der Waals surface area contributed by atoms with Gasteiger partial charge >= 0.3 is 0 Å². The molecule has 2 aromatic rings. The standard InChI is InChI=1S/C18H21N3.HI/c1-14-7-5-10-16(13-14)17(15-8-3-2-4-9-15)21-18-19-11-6-12-20-18;/h2-5,7-10,13,17H,6,11-12H2,1H3,(H2,19,20,21);1H. The number of rotatable bonds is 3. The zero-order valence-corrected chi connectivity index (χ0v) is 15.1. The van der Waals surface area contributed by atoms with E-state index in [-0.39, 0.29) is 30.0 Å². The van der Waals surface area contributed by atoms with E-state index >= 15 is 0 Å². The molecule has 0 saturated carbocycles. The van der Waals surface area contributed by atoms with E-state index in [2.05, 4.69) is 71.1 Å². The van der Waals surface area contributed by atoms with Crippen molar-refractivity contribution in [2.45, 2.75) is 19.4 Å². The summed E-state index contributed by atoms with van der Waals surface area (Å²) in [6.07, 6.45) is 1.10. The normalized spacial score (nSPS) is 15.0. The Morgan fingerprint density at radius 3 is 2.50 bits per heavy atom. The second-order valence-corrected chi connectivity index (χ2v) is 5.41. The van der Waals surface area contributed by atoms with E-state index in [1.54, 1.807) is 0 Å². The minimum Gasteiger partial charge on any atom is -0.356 e. The lowest BCUT2D eigenvalue weighted by Crippen LogP contribution is -2.42. The lowest BCUT2D eigenvalue weighted by Gasteiger charge is -2.24. The first-order valence-electron chi connectivity index (χ1n) is 7.49. The molecule has 1 aliphatic heterocycles. The van der Waals surface area contributed by atoms with E-state index in [0.717, 1.165) is 25.5 Å². The highest BCUT2D eigenvalue weighted by molar-refractivity contribution is 14.0. The molecule has 0 amide bonds. The number of aliphatic imine (C=N–C) groups is 1. The van der Waals surface area contributed by atoms with Crippen molar-refractivity contribution >= 4 is 29.9 Å². The van der Waals surface area contributed by atoms with E-state index < -0.39 is 0 Å². The van der Waals surface area contributed by atoms with Gasteiger partial charge < -0.3 is 10.6 Å². The van der Waals surface area contributed by atoms with Gasteiger partial charge in [0.15, 0.2) is 5.96 Å². The van der Waals surface area contributed by atoms with E-state index in [0.29, 0.717) is 0 Å². The topological polar surface area (TPSA) is 36.4 Å². The highest BCUT2D eigenvalue weighted by Gasteiger charge is 2.16. The lowest BCUT2D eigenvalue weighted by atomic mass is 9.97.